The topological polar surface area (TPSA) is 71.1 Å². The molecule has 26 heavy (non-hydrogen) atoms. The minimum atomic E-state index is -0.639. The summed E-state index contributed by atoms with van der Waals surface area (Å²) in [5.41, 5.74) is 2.11. The number of cyclic esters (lactones) is 1. The van der Waals surface area contributed by atoms with Crippen LogP contribution in [-0.2, 0) is 20.7 Å². The Labute approximate surface area is 152 Å². The fourth-order valence-corrected chi connectivity index (χ4v) is 4.24. The minimum absolute atomic E-state index is 0.0590. The number of hydrogen-bond acceptors (Lipinski definition) is 6. The summed E-state index contributed by atoms with van der Waals surface area (Å²) in [6.07, 6.45) is 1.62. The first-order chi connectivity index (χ1) is 12.4. The summed E-state index contributed by atoms with van der Waals surface area (Å²) in [6, 6.07) is 1.89. The number of nitrogens with zero attached hydrogens (tertiary/aromatic N) is 1. The summed E-state index contributed by atoms with van der Waals surface area (Å²) in [5.74, 6) is 0.849. The molecule has 0 aliphatic carbocycles. The second kappa shape index (κ2) is 6.16. The van der Waals surface area contributed by atoms with Gasteiger partial charge in [-0.15, -0.1) is 0 Å². The molecular weight excluding hydrogens is 338 g/mol. The Morgan fingerprint density at radius 2 is 2.12 bits per heavy atom. The van der Waals surface area contributed by atoms with Crippen LogP contribution in [0.15, 0.2) is 6.07 Å². The van der Waals surface area contributed by atoms with E-state index in [9.17, 15) is 9.59 Å². The lowest BCUT2D eigenvalue weighted by Gasteiger charge is -2.43. The maximum atomic E-state index is 12.8. The molecule has 7 heteroatoms. The predicted octanol–water partition coefficient (Wildman–Crippen LogP) is 1.62. The maximum Gasteiger partial charge on any atom is 0.316 e. The average Bonchev–Trinajstić information content (AvgIpc) is 3.24. The van der Waals surface area contributed by atoms with Crippen LogP contribution in [0.5, 0.6) is 17.2 Å². The molecule has 1 fully saturated rings. The van der Waals surface area contributed by atoms with Gasteiger partial charge in [0.1, 0.15) is 12.0 Å². The third kappa shape index (κ3) is 2.61. The van der Waals surface area contributed by atoms with Crippen LogP contribution in [0, 0.1) is 5.92 Å². The molecule has 0 unspecified atom stereocenters. The molecule has 1 aromatic carbocycles. The van der Waals surface area contributed by atoms with E-state index in [1.54, 1.807) is 7.11 Å². The number of fused-ring (bicyclic) bond motifs is 2. The van der Waals surface area contributed by atoms with E-state index in [-0.39, 0.29) is 25.0 Å². The van der Waals surface area contributed by atoms with Gasteiger partial charge in [0, 0.05) is 12.8 Å². The van der Waals surface area contributed by atoms with Gasteiger partial charge < -0.3 is 23.4 Å². The molecule has 7 nitrogen and oxygen atoms in total. The molecule has 3 aliphatic heterocycles. The van der Waals surface area contributed by atoms with Crippen molar-refractivity contribution in [2.75, 3.05) is 41.1 Å². The molecule has 0 amide bonds. The standard InChI is InChI=1S/C19H24NO6/c1-20(2)6-4-11-8-15-17(26-10-25-15)18(23-3)16(11)13(20)9-14(21)12-5-7-24-19(12)22/h8,12-13H,4-7,9-10H2,1-3H3/q+1/t12-,13+/m1/s1. The van der Waals surface area contributed by atoms with Crippen molar-refractivity contribution < 1.29 is 33.0 Å². The average molecular weight is 362 g/mol. The van der Waals surface area contributed by atoms with E-state index < -0.39 is 11.9 Å². The molecule has 4 rings (SSSR count). The Balaban J connectivity index is 1.75. The predicted molar refractivity (Wildman–Crippen MR) is 91.2 cm³/mol. The Hall–Kier alpha value is -2.28. The van der Waals surface area contributed by atoms with Crippen LogP contribution in [0.25, 0.3) is 0 Å². The van der Waals surface area contributed by atoms with E-state index in [0.29, 0.717) is 34.8 Å². The first-order valence-electron chi connectivity index (χ1n) is 8.93. The van der Waals surface area contributed by atoms with Crippen LogP contribution < -0.4 is 14.2 Å². The molecule has 0 aromatic heterocycles. The van der Waals surface area contributed by atoms with Crippen molar-refractivity contribution in [3.63, 3.8) is 0 Å². The van der Waals surface area contributed by atoms with Crippen molar-refractivity contribution >= 4 is 11.8 Å². The molecule has 0 saturated carbocycles. The van der Waals surface area contributed by atoms with Crippen molar-refractivity contribution in [2.24, 2.45) is 5.92 Å². The molecular formula is C19H24NO6+. The van der Waals surface area contributed by atoms with Gasteiger partial charge in [-0.05, 0) is 11.6 Å². The molecule has 0 spiro atoms. The zero-order chi connectivity index (χ0) is 18.5. The molecule has 140 valence electrons. The lowest BCUT2D eigenvalue weighted by atomic mass is 9.84. The van der Waals surface area contributed by atoms with Crippen LogP contribution in [0.3, 0.4) is 0 Å². The highest BCUT2D eigenvalue weighted by atomic mass is 16.7. The van der Waals surface area contributed by atoms with Gasteiger partial charge in [-0.25, -0.2) is 0 Å². The zero-order valence-corrected chi connectivity index (χ0v) is 15.4. The number of esters is 1. The van der Waals surface area contributed by atoms with Crippen molar-refractivity contribution in [2.45, 2.75) is 25.3 Å². The highest BCUT2D eigenvalue weighted by Gasteiger charge is 2.44. The first kappa shape index (κ1) is 17.1. The van der Waals surface area contributed by atoms with Crippen LogP contribution >= 0.6 is 0 Å². The lowest BCUT2D eigenvalue weighted by molar-refractivity contribution is -0.922. The number of ketones is 1. The number of carbonyl (C=O) groups is 2. The maximum absolute atomic E-state index is 12.8. The Kier molecular flexibility index (Phi) is 4.06. The van der Waals surface area contributed by atoms with Gasteiger partial charge in [0.05, 0.1) is 46.3 Å². The molecule has 3 heterocycles. The Morgan fingerprint density at radius 3 is 2.81 bits per heavy atom. The zero-order valence-electron chi connectivity index (χ0n) is 15.4. The normalized spacial score (nSPS) is 25.6. The highest BCUT2D eigenvalue weighted by molar-refractivity contribution is 6.00. The van der Waals surface area contributed by atoms with Gasteiger partial charge in [0.2, 0.25) is 12.5 Å². The van der Waals surface area contributed by atoms with Gasteiger partial charge in [0.15, 0.2) is 17.3 Å². The second-order valence-corrected chi connectivity index (χ2v) is 7.66. The van der Waals surface area contributed by atoms with E-state index in [1.165, 1.54) is 0 Å². The van der Waals surface area contributed by atoms with E-state index in [0.717, 1.165) is 24.1 Å². The molecule has 3 aliphatic rings. The molecule has 1 aromatic rings. The van der Waals surface area contributed by atoms with Gasteiger partial charge in [-0.1, -0.05) is 0 Å². The summed E-state index contributed by atoms with van der Waals surface area (Å²) < 4.78 is 22.5. The van der Waals surface area contributed by atoms with E-state index in [4.69, 9.17) is 18.9 Å². The number of hydrogen-bond donors (Lipinski definition) is 0. The van der Waals surface area contributed by atoms with Crippen LogP contribution in [-0.4, -0.2) is 57.4 Å². The second-order valence-electron chi connectivity index (χ2n) is 7.66. The number of likely N-dealkylation sites (N-methyl/N-ethyl adjacent to an activating group) is 1. The smallest absolute Gasteiger partial charge is 0.316 e. The molecule has 0 radical (unpaired) electrons. The quantitative estimate of drug-likeness (QED) is 0.461. The summed E-state index contributed by atoms with van der Waals surface area (Å²) in [5, 5.41) is 0. The summed E-state index contributed by atoms with van der Waals surface area (Å²) in [4.78, 5) is 24.7. The van der Waals surface area contributed by atoms with Crippen molar-refractivity contribution in [1.29, 1.82) is 0 Å². The first-order valence-corrected chi connectivity index (χ1v) is 8.93. The van der Waals surface area contributed by atoms with Crippen molar-refractivity contribution in [3.8, 4) is 17.2 Å². The highest BCUT2D eigenvalue weighted by Crippen LogP contribution is 2.51. The number of carbonyl (C=O) groups excluding carboxylic acids is 2. The van der Waals surface area contributed by atoms with E-state index in [1.807, 2.05) is 6.07 Å². The third-order valence-corrected chi connectivity index (χ3v) is 5.80. The van der Waals surface area contributed by atoms with Gasteiger partial charge in [-0.2, -0.15) is 0 Å². The SMILES string of the molecule is COc1c2c(cc3c1[C@H](CC(=O)[C@H]1CCOC1=O)[N+](C)(C)CC3)OCO2. The van der Waals surface area contributed by atoms with Crippen LogP contribution in [0.1, 0.15) is 30.0 Å². The Morgan fingerprint density at radius 1 is 1.31 bits per heavy atom. The molecule has 2 atom stereocenters. The largest absolute Gasteiger partial charge is 0.492 e. The van der Waals surface area contributed by atoms with Crippen molar-refractivity contribution in [3.05, 3.63) is 17.2 Å². The molecule has 0 N–H and O–H groups in total. The van der Waals surface area contributed by atoms with Gasteiger partial charge in [0.25, 0.3) is 0 Å². The van der Waals surface area contributed by atoms with Crippen molar-refractivity contribution in [1.82, 2.24) is 0 Å². The van der Waals surface area contributed by atoms with Gasteiger partial charge >= 0.3 is 5.97 Å². The minimum Gasteiger partial charge on any atom is -0.492 e. The number of methoxy groups -OCH3 is 1. The monoisotopic (exact) mass is 362 g/mol. The summed E-state index contributed by atoms with van der Waals surface area (Å²) >= 11 is 0. The van der Waals surface area contributed by atoms with Crippen LogP contribution in [0.4, 0.5) is 0 Å². The fourth-order valence-electron chi connectivity index (χ4n) is 4.24. The number of Topliss-reactive ketones (excluding diaryl/α,β-unsaturated/α-hetero) is 1. The number of rotatable bonds is 4. The van der Waals surface area contributed by atoms with Gasteiger partial charge in [-0.3, -0.25) is 9.59 Å². The molecule has 0 bridgehead atoms. The summed E-state index contributed by atoms with van der Waals surface area (Å²) in [6.45, 7) is 1.39. The third-order valence-electron chi connectivity index (χ3n) is 5.80. The van der Waals surface area contributed by atoms with E-state index in [2.05, 4.69) is 14.1 Å². The number of benzene rings is 1. The number of quaternary nitrogens is 1. The number of ether oxygens (including phenoxy) is 4. The fraction of sp³-hybridized carbons (Fsp3) is 0.579. The van der Waals surface area contributed by atoms with E-state index >= 15 is 0 Å². The molecule has 1 saturated heterocycles. The Bertz CT molecular complexity index is 772. The lowest BCUT2D eigenvalue weighted by Crippen LogP contribution is -2.49. The summed E-state index contributed by atoms with van der Waals surface area (Å²) in [7, 11) is 5.83. The van der Waals surface area contributed by atoms with Crippen LogP contribution in [0.2, 0.25) is 0 Å².